The van der Waals surface area contributed by atoms with E-state index in [0.29, 0.717) is 0 Å². The minimum Gasteiger partial charge on any atom is -0.329 e. The van der Waals surface area contributed by atoms with Gasteiger partial charge >= 0.3 is 0 Å². The van der Waals surface area contributed by atoms with Crippen LogP contribution < -0.4 is 64.6 Å². The summed E-state index contributed by atoms with van der Waals surface area (Å²) in [5.41, 5.74) is 10.9. The van der Waals surface area contributed by atoms with Crippen LogP contribution in [0.4, 0.5) is 0 Å². The van der Waals surface area contributed by atoms with Crippen molar-refractivity contribution in [2.24, 2.45) is 11.5 Å². The van der Waals surface area contributed by atoms with Gasteiger partial charge in [-0.15, -0.1) is 0 Å². The van der Waals surface area contributed by atoms with Gasteiger partial charge in [0.25, 0.3) is 0 Å². The molecule has 0 aromatic carbocycles. The van der Waals surface area contributed by atoms with Gasteiger partial charge in [-0.1, -0.05) is 96.3 Å². The maximum Gasteiger partial charge on any atom is 0.00772 e. The van der Waals surface area contributed by atoms with Crippen molar-refractivity contribution in [2.75, 3.05) is 144 Å². The van der Waals surface area contributed by atoms with Crippen molar-refractivity contribution in [1.29, 1.82) is 0 Å². The molecule has 0 aromatic rings. The monoisotopic (exact) mass is 785 g/mol. The summed E-state index contributed by atoms with van der Waals surface area (Å²) < 4.78 is 0. The third kappa shape index (κ3) is 53.5. The molecule has 14 N–H and O–H groups in total. The quantitative estimate of drug-likeness (QED) is 0.0408. The van der Waals surface area contributed by atoms with Gasteiger partial charge in [-0.3, -0.25) is 0 Å². The zero-order chi connectivity index (χ0) is 39.5. The summed E-state index contributed by atoms with van der Waals surface area (Å²) in [6.07, 6.45) is 28.5. The van der Waals surface area contributed by atoms with Crippen molar-refractivity contribution in [3.63, 3.8) is 0 Å². The van der Waals surface area contributed by atoms with Crippen LogP contribution in [0.15, 0.2) is 0 Å². The zero-order valence-corrected chi connectivity index (χ0v) is 36.6. The van der Waals surface area contributed by atoms with E-state index in [1.807, 2.05) is 0 Å². The van der Waals surface area contributed by atoms with Gasteiger partial charge in [0.1, 0.15) is 0 Å². The van der Waals surface area contributed by atoms with Crippen LogP contribution in [0.5, 0.6) is 0 Å². The number of unbranched alkanes of at least 4 members (excludes halogenated alkanes) is 18. The third-order valence-corrected chi connectivity index (χ3v) is 10.1. The molecule has 0 radical (unpaired) electrons. The van der Waals surface area contributed by atoms with Gasteiger partial charge in [-0.05, 0) is 77.8 Å². The maximum atomic E-state index is 5.47. The molecule has 0 atom stereocenters. The molecule has 0 fully saturated rings. The van der Waals surface area contributed by atoms with E-state index in [1.54, 1.807) is 0 Å². The molecule has 0 saturated carbocycles. The van der Waals surface area contributed by atoms with Gasteiger partial charge in [0.15, 0.2) is 0 Å². The van der Waals surface area contributed by atoms with E-state index in [9.17, 15) is 0 Å². The molecule has 332 valence electrons. The van der Waals surface area contributed by atoms with E-state index in [4.69, 9.17) is 11.5 Å². The van der Waals surface area contributed by atoms with Crippen molar-refractivity contribution in [3.8, 4) is 0 Å². The van der Waals surface area contributed by atoms with Gasteiger partial charge in [0, 0.05) is 105 Å². The Morgan fingerprint density at radius 2 is 0.273 bits per heavy atom. The van der Waals surface area contributed by atoms with E-state index in [2.05, 4.69) is 53.2 Å². The molecule has 0 aliphatic heterocycles. The fourth-order valence-corrected chi connectivity index (χ4v) is 6.67. The number of hydrogen-bond donors (Lipinski definition) is 12. The lowest BCUT2D eigenvalue weighted by Gasteiger charge is -2.08. The van der Waals surface area contributed by atoms with Crippen LogP contribution in [0.1, 0.15) is 135 Å². The predicted molar refractivity (Wildman–Crippen MR) is 244 cm³/mol. The second-order valence-electron chi connectivity index (χ2n) is 15.5. The fourth-order valence-electron chi connectivity index (χ4n) is 6.67. The highest BCUT2D eigenvalue weighted by Gasteiger charge is 1.97. The molecular formula is C43H100N12. The van der Waals surface area contributed by atoms with Crippen molar-refractivity contribution in [1.82, 2.24) is 53.2 Å². The van der Waals surface area contributed by atoms with Crippen molar-refractivity contribution >= 4 is 0 Å². The Kier molecular flexibility index (Phi) is 53.1. The SMILES string of the molecule is NCCNCCNCCCCCCCCCNCCNCCNCCCCCCCCCNCCNCCNCCCCCCCCCNCCNCCN. The van der Waals surface area contributed by atoms with E-state index < -0.39 is 0 Å². The Balaban J connectivity index is 3.05. The molecule has 0 saturated heterocycles. The molecule has 0 aliphatic carbocycles. The molecule has 0 heterocycles. The first-order chi connectivity index (χ1) is 27.4. The van der Waals surface area contributed by atoms with E-state index in [-0.39, 0.29) is 0 Å². The first kappa shape index (κ1) is 54.5. The number of rotatable bonds is 52. The summed E-state index contributed by atoms with van der Waals surface area (Å²) in [5, 5.41) is 35.1. The summed E-state index contributed by atoms with van der Waals surface area (Å²) >= 11 is 0. The Morgan fingerprint density at radius 3 is 0.436 bits per heavy atom. The van der Waals surface area contributed by atoms with Crippen LogP contribution >= 0.6 is 0 Å². The lowest BCUT2D eigenvalue weighted by Crippen LogP contribution is -2.33. The molecule has 0 bridgehead atoms. The molecule has 12 nitrogen and oxygen atoms in total. The van der Waals surface area contributed by atoms with Crippen molar-refractivity contribution in [3.05, 3.63) is 0 Å². The maximum absolute atomic E-state index is 5.47. The molecule has 0 aromatic heterocycles. The Morgan fingerprint density at radius 1 is 0.145 bits per heavy atom. The molecule has 12 heteroatoms. The summed E-state index contributed by atoms with van der Waals surface area (Å²) in [7, 11) is 0. The topological polar surface area (TPSA) is 172 Å². The minimum absolute atomic E-state index is 0.723. The molecule has 55 heavy (non-hydrogen) atoms. The highest BCUT2D eigenvalue weighted by atomic mass is 15.0. The number of nitrogens with two attached hydrogens (primary N) is 2. The van der Waals surface area contributed by atoms with Crippen LogP contribution in [0, 0.1) is 0 Å². The molecule has 0 amide bonds. The second kappa shape index (κ2) is 53.5. The summed E-state index contributed by atoms with van der Waals surface area (Å²) in [6.45, 7) is 22.9. The lowest BCUT2D eigenvalue weighted by molar-refractivity contribution is 0.524. The Labute approximate surface area is 342 Å². The van der Waals surface area contributed by atoms with Gasteiger partial charge in [0.2, 0.25) is 0 Å². The summed E-state index contributed by atoms with van der Waals surface area (Å²) in [4.78, 5) is 0. The molecule has 0 rings (SSSR count). The Hall–Kier alpha value is -0.480. The Bertz CT molecular complexity index is 597. The minimum atomic E-state index is 0.723. The smallest absolute Gasteiger partial charge is 0.00772 e. The summed E-state index contributed by atoms with van der Waals surface area (Å²) in [6, 6.07) is 0. The predicted octanol–water partition coefficient (Wildman–Crippen LogP) is 2.99. The van der Waals surface area contributed by atoms with Crippen molar-refractivity contribution in [2.45, 2.75) is 135 Å². The normalized spacial score (nSPS) is 11.7. The van der Waals surface area contributed by atoms with Crippen LogP contribution in [0.3, 0.4) is 0 Å². The highest BCUT2D eigenvalue weighted by molar-refractivity contribution is 4.60. The second-order valence-corrected chi connectivity index (χ2v) is 15.5. The molecular weight excluding hydrogens is 685 g/mol. The van der Waals surface area contributed by atoms with Crippen LogP contribution in [-0.2, 0) is 0 Å². The van der Waals surface area contributed by atoms with Crippen LogP contribution in [0.2, 0.25) is 0 Å². The average Bonchev–Trinajstić information content (AvgIpc) is 3.20. The largest absolute Gasteiger partial charge is 0.329 e. The van der Waals surface area contributed by atoms with Crippen molar-refractivity contribution < 1.29 is 0 Å². The van der Waals surface area contributed by atoms with Gasteiger partial charge in [-0.2, -0.15) is 0 Å². The van der Waals surface area contributed by atoms with Crippen LogP contribution in [0.25, 0.3) is 0 Å². The van der Waals surface area contributed by atoms with Gasteiger partial charge < -0.3 is 64.6 Å². The first-order valence-electron chi connectivity index (χ1n) is 23.9. The lowest BCUT2D eigenvalue weighted by atomic mass is 10.1. The van der Waals surface area contributed by atoms with Crippen LogP contribution in [-0.4, -0.2) is 144 Å². The number of hydrogen-bond acceptors (Lipinski definition) is 12. The molecule has 0 spiro atoms. The van der Waals surface area contributed by atoms with Gasteiger partial charge in [-0.25, -0.2) is 0 Å². The average molecular weight is 785 g/mol. The molecule has 0 unspecified atom stereocenters. The van der Waals surface area contributed by atoms with E-state index in [0.717, 1.165) is 144 Å². The number of nitrogens with one attached hydrogen (secondary N) is 10. The molecule has 0 aliphatic rings. The van der Waals surface area contributed by atoms with E-state index >= 15 is 0 Å². The first-order valence-corrected chi connectivity index (χ1v) is 23.9. The standard InChI is InChI=1S/C43H100N12/c44-22-30-52-38-32-46-24-16-10-4-1-6-12-18-26-48-34-40-54-42-36-50-28-20-14-8-3-9-15-21-29-51-37-43-55-41-35-49-27-19-13-7-2-5-11-17-25-47-33-39-53-31-23-45/h46-55H,1-45H2. The fraction of sp³-hybridized carbons (Fsp3) is 1.00. The highest BCUT2D eigenvalue weighted by Crippen LogP contribution is 2.08. The zero-order valence-electron chi connectivity index (χ0n) is 36.6. The summed E-state index contributed by atoms with van der Waals surface area (Å²) in [5.74, 6) is 0. The van der Waals surface area contributed by atoms with E-state index in [1.165, 1.54) is 135 Å². The van der Waals surface area contributed by atoms with Gasteiger partial charge in [0.05, 0.1) is 0 Å². The third-order valence-electron chi connectivity index (χ3n) is 10.1.